The Labute approximate surface area is 141 Å². The highest BCUT2D eigenvalue weighted by Crippen LogP contribution is 2.32. The van der Waals surface area contributed by atoms with E-state index in [0.717, 1.165) is 18.1 Å². The van der Waals surface area contributed by atoms with E-state index in [4.69, 9.17) is 5.84 Å². The lowest BCUT2D eigenvalue weighted by Crippen LogP contribution is -2.30. The van der Waals surface area contributed by atoms with Crippen molar-refractivity contribution in [2.24, 2.45) is 5.84 Å². The molecular formula is C13H10Br2FIN2. The first-order valence-electron chi connectivity index (χ1n) is 5.39. The van der Waals surface area contributed by atoms with Gasteiger partial charge in [0.25, 0.3) is 0 Å². The van der Waals surface area contributed by atoms with Gasteiger partial charge in [0.05, 0.1) is 6.04 Å². The number of benzene rings is 2. The summed E-state index contributed by atoms with van der Waals surface area (Å²) in [7, 11) is 0. The van der Waals surface area contributed by atoms with Crippen molar-refractivity contribution in [2.45, 2.75) is 6.04 Å². The van der Waals surface area contributed by atoms with Crippen LogP contribution in [0.25, 0.3) is 0 Å². The molecule has 0 saturated carbocycles. The van der Waals surface area contributed by atoms with Gasteiger partial charge in [0.2, 0.25) is 0 Å². The summed E-state index contributed by atoms with van der Waals surface area (Å²) in [6.45, 7) is 0. The lowest BCUT2D eigenvalue weighted by Gasteiger charge is -2.19. The number of hydrogen-bond donors (Lipinski definition) is 2. The van der Waals surface area contributed by atoms with E-state index in [-0.39, 0.29) is 5.82 Å². The SMILES string of the molecule is NNC(c1cc(Br)ccc1F)c1cc(I)ccc1Br. The highest BCUT2D eigenvalue weighted by atomic mass is 127. The first-order valence-corrected chi connectivity index (χ1v) is 8.05. The lowest BCUT2D eigenvalue weighted by atomic mass is 9.99. The molecule has 100 valence electrons. The summed E-state index contributed by atoms with van der Waals surface area (Å²) >= 11 is 9.04. The van der Waals surface area contributed by atoms with Gasteiger partial charge in [-0.2, -0.15) is 0 Å². The van der Waals surface area contributed by atoms with Gasteiger partial charge in [-0.3, -0.25) is 5.84 Å². The molecule has 0 bridgehead atoms. The van der Waals surface area contributed by atoms with Gasteiger partial charge in [0.15, 0.2) is 0 Å². The molecule has 2 nitrogen and oxygen atoms in total. The van der Waals surface area contributed by atoms with Gasteiger partial charge in [0.1, 0.15) is 5.82 Å². The van der Waals surface area contributed by atoms with Crippen LogP contribution in [0.1, 0.15) is 17.2 Å². The van der Waals surface area contributed by atoms with Crippen LogP contribution in [-0.2, 0) is 0 Å². The minimum absolute atomic E-state index is 0.295. The molecular weight excluding hydrogens is 490 g/mol. The standard InChI is InChI=1S/C13H10Br2FIN2/c14-7-1-4-12(16)10(5-7)13(19-18)9-6-8(17)2-3-11(9)15/h1-6,13,19H,18H2. The molecule has 0 saturated heterocycles. The Morgan fingerprint density at radius 2 is 1.84 bits per heavy atom. The Hall–Kier alpha value is -0.0200. The predicted molar refractivity (Wildman–Crippen MR) is 90.1 cm³/mol. The Morgan fingerprint density at radius 1 is 1.11 bits per heavy atom. The molecule has 0 fully saturated rings. The van der Waals surface area contributed by atoms with E-state index in [1.54, 1.807) is 12.1 Å². The first kappa shape index (κ1) is 15.4. The van der Waals surface area contributed by atoms with Crippen LogP contribution in [0, 0.1) is 9.39 Å². The normalized spacial score (nSPS) is 12.5. The summed E-state index contributed by atoms with van der Waals surface area (Å²) in [6, 6.07) is 10.3. The smallest absolute Gasteiger partial charge is 0.128 e. The lowest BCUT2D eigenvalue weighted by molar-refractivity contribution is 0.558. The molecule has 0 spiro atoms. The average molecular weight is 500 g/mol. The summed E-state index contributed by atoms with van der Waals surface area (Å²) in [5.41, 5.74) is 4.07. The summed E-state index contributed by atoms with van der Waals surface area (Å²) in [5, 5.41) is 0. The van der Waals surface area contributed by atoms with E-state index >= 15 is 0 Å². The second-order valence-electron chi connectivity index (χ2n) is 3.93. The van der Waals surface area contributed by atoms with Gasteiger partial charge >= 0.3 is 0 Å². The maximum Gasteiger partial charge on any atom is 0.128 e. The average Bonchev–Trinajstić information content (AvgIpc) is 2.38. The number of rotatable bonds is 3. The van der Waals surface area contributed by atoms with Crippen LogP contribution >= 0.6 is 54.5 Å². The Bertz CT molecular complexity index is 556. The molecule has 0 aromatic heterocycles. The Morgan fingerprint density at radius 3 is 2.53 bits per heavy atom. The third-order valence-electron chi connectivity index (χ3n) is 2.70. The molecule has 0 radical (unpaired) electrons. The van der Waals surface area contributed by atoms with Crippen LogP contribution in [0.3, 0.4) is 0 Å². The van der Waals surface area contributed by atoms with Crippen LogP contribution < -0.4 is 11.3 Å². The van der Waals surface area contributed by atoms with E-state index in [1.807, 2.05) is 18.2 Å². The number of nitrogens with one attached hydrogen (secondary N) is 1. The molecule has 2 rings (SSSR count). The predicted octanol–water partition coefficient (Wildman–Crippen LogP) is 4.51. The fourth-order valence-corrected chi connectivity index (χ4v) is 3.19. The summed E-state index contributed by atoms with van der Waals surface area (Å²) in [5.74, 6) is 5.32. The van der Waals surface area contributed by atoms with Crippen molar-refractivity contribution in [1.29, 1.82) is 0 Å². The second kappa shape index (κ2) is 6.62. The Kier molecular flexibility index (Phi) is 5.36. The highest BCUT2D eigenvalue weighted by Gasteiger charge is 2.19. The van der Waals surface area contributed by atoms with Crippen LogP contribution in [0.2, 0.25) is 0 Å². The monoisotopic (exact) mass is 498 g/mol. The molecule has 0 amide bonds. The Balaban J connectivity index is 2.55. The van der Waals surface area contributed by atoms with Gasteiger partial charge < -0.3 is 0 Å². The maximum atomic E-state index is 14.0. The van der Waals surface area contributed by atoms with Crippen molar-refractivity contribution in [1.82, 2.24) is 5.43 Å². The minimum atomic E-state index is -0.415. The minimum Gasteiger partial charge on any atom is -0.271 e. The molecule has 6 heteroatoms. The molecule has 1 unspecified atom stereocenters. The zero-order chi connectivity index (χ0) is 14.0. The number of hydrazine groups is 1. The van der Waals surface area contributed by atoms with E-state index in [0.29, 0.717) is 5.56 Å². The third-order valence-corrected chi connectivity index (χ3v) is 4.59. The molecule has 0 aliphatic carbocycles. The van der Waals surface area contributed by atoms with E-state index in [2.05, 4.69) is 59.9 Å². The largest absolute Gasteiger partial charge is 0.271 e. The van der Waals surface area contributed by atoms with Gasteiger partial charge in [-0.25, -0.2) is 9.82 Å². The van der Waals surface area contributed by atoms with Gasteiger partial charge in [0, 0.05) is 18.1 Å². The van der Waals surface area contributed by atoms with Crippen LogP contribution in [-0.4, -0.2) is 0 Å². The number of halogens is 4. The van der Waals surface area contributed by atoms with Crippen molar-refractivity contribution in [3.8, 4) is 0 Å². The molecule has 0 aliphatic heterocycles. The third kappa shape index (κ3) is 3.55. The summed E-state index contributed by atoms with van der Waals surface area (Å²) < 4.78 is 16.7. The molecule has 2 aromatic carbocycles. The fraction of sp³-hybridized carbons (Fsp3) is 0.0769. The van der Waals surface area contributed by atoms with Crippen molar-refractivity contribution in [3.05, 3.63) is 65.9 Å². The van der Waals surface area contributed by atoms with Gasteiger partial charge in [-0.15, -0.1) is 0 Å². The fourth-order valence-electron chi connectivity index (χ4n) is 1.82. The van der Waals surface area contributed by atoms with Crippen molar-refractivity contribution in [3.63, 3.8) is 0 Å². The second-order valence-corrected chi connectivity index (χ2v) is 6.95. The summed E-state index contributed by atoms with van der Waals surface area (Å²) in [6.07, 6.45) is 0. The summed E-state index contributed by atoms with van der Waals surface area (Å²) in [4.78, 5) is 0. The quantitative estimate of drug-likeness (QED) is 0.370. The molecule has 2 aromatic rings. The van der Waals surface area contributed by atoms with E-state index < -0.39 is 6.04 Å². The number of nitrogens with two attached hydrogens (primary N) is 1. The molecule has 1 atom stereocenters. The first-order chi connectivity index (χ1) is 9.02. The topological polar surface area (TPSA) is 38.0 Å². The van der Waals surface area contributed by atoms with Crippen LogP contribution in [0.5, 0.6) is 0 Å². The molecule has 0 heterocycles. The number of hydrogen-bond acceptors (Lipinski definition) is 2. The zero-order valence-corrected chi connectivity index (χ0v) is 15.0. The zero-order valence-electron chi connectivity index (χ0n) is 9.63. The van der Waals surface area contributed by atoms with Crippen LogP contribution in [0.15, 0.2) is 45.3 Å². The van der Waals surface area contributed by atoms with Crippen molar-refractivity contribution in [2.75, 3.05) is 0 Å². The van der Waals surface area contributed by atoms with Gasteiger partial charge in [-0.1, -0.05) is 31.9 Å². The van der Waals surface area contributed by atoms with Gasteiger partial charge in [-0.05, 0) is 64.6 Å². The molecule has 3 N–H and O–H groups in total. The van der Waals surface area contributed by atoms with E-state index in [1.165, 1.54) is 6.07 Å². The van der Waals surface area contributed by atoms with E-state index in [9.17, 15) is 4.39 Å². The molecule has 0 aliphatic rings. The van der Waals surface area contributed by atoms with Crippen molar-refractivity contribution < 1.29 is 4.39 Å². The maximum absolute atomic E-state index is 14.0. The van der Waals surface area contributed by atoms with Crippen molar-refractivity contribution >= 4 is 54.5 Å². The molecule has 19 heavy (non-hydrogen) atoms. The highest BCUT2D eigenvalue weighted by molar-refractivity contribution is 14.1. The van der Waals surface area contributed by atoms with Crippen LogP contribution in [0.4, 0.5) is 4.39 Å².